The number of amides is 1. The molecule has 0 bridgehead atoms. The highest BCUT2D eigenvalue weighted by atomic mass is 16.2. The monoisotopic (exact) mass is 372 g/mol. The molecule has 0 saturated heterocycles. The molecule has 4 aromatic rings. The Kier molecular flexibility index (Phi) is 5.24. The van der Waals surface area contributed by atoms with Crippen LogP contribution in [-0.4, -0.2) is 39.1 Å². The number of benzene rings is 2. The Morgan fingerprint density at radius 1 is 1.00 bits per heavy atom. The van der Waals surface area contributed by atoms with E-state index in [1.165, 1.54) is 5.56 Å². The van der Waals surface area contributed by atoms with Gasteiger partial charge in [-0.25, -0.2) is 0 Å². The van der Waals surface area contributed by atoms with Crippen LogP contribution in [0.25, 0.3) is 22.3 Å². The molecule has 0 radical (unpaired) electrons. The highest BCUT2D eigenvalue weighted by molar-refractivity contribution is 6.07. The van der Waals surface area contributed by atoms with Crippen molar-refractivity contribution in [3.63, 3.8) is 0 Å². The summed E-state index contributed by atoms with van der Waals surface area (Å²) in [5, 5.41) is 7.92. The second kappa shape index (κ2) is 8.13. The van der Waals surface area contributed by atoms with Crippen molar-refractivity contribution in [2.24, 2.45) is 0 Å². The van der Waals surface area contributed by atoms with E-state index in [2.05, 4.69) is 34.2 Å². The lowest BCUT2D eigenvalue weighted by atomic mass is 10.1. The molecular weight excluding hydrogens is 348 g/mol. The van der Waals surface area contributed by atoms with Gasteiger partial charge in [0.05, 0.1) is 11.4 Å². The Morgan fingerprint density at radius 3 is 2.61 bits per heavy atom. The highest BCUT2D eigenvalue weighted by Crippen LogP contribution is 2.26. The second-order valence-electron chi connectivity index (χ2n) is 6.95. The maximum atomic E-state index is 13.4. The average molecular weight is 372 g/mol. The van der Waals surface area contributed by atoms with E-state index in [4.69, 9.17) is 0 Å². The molecule has 2 aromatic carbocycles. The first-order valence-corrected chi connectivity index (χ1v) is 9.71. The van der Waals surface area contributed by atoms with Crippen LogP contribution in [0.4, 0.5) is 0 Å². The van der Waals surface area contributed by atoms with E-state index in [9.17, 15) is 4.79 Å². The molecule has 2 heterocycles. The number of hydrogen-bond donors (Lipinski definition) is 2. The molecule has 0 atom stereocenters. The minimum absolute atomic E-state index is 0.0820. The Labute approximate surface area is 164 Å². The molecule has 0 unspecified atom stereocenters. The van der Waals surface area contributed by atoms with E-state index in [1.807, 2.05) is 53.4 Å². The van der Waals surface area contributed by atoms with Crippen LogP contribution in [0, 0.1) is 0 Å². The summed E-state index contributed by atoms with van der Waals surface area (Å²) in [7, 11) is 0. The number of nitrogens with one attached hydrogen (secondary N) is 2. The zero-order valence-electron chi connectivity index (χ0n) is 16.0. The van der Waals surface area contributed by atoms with Gasteiger partial charge in [0.15, 0.2) is 0 Å². The van der Waals surface area contributed by atoms with Crippen molar-refractivity contribution in [1.82, 2.24) is 20.1 Å². The fourth-order valence-corrected chi connectivity index (χ4v) is 3.56. The van der Waals surface area contributed by atoms with E-state index in [0.717, 1.165) is 47.2 Å². The maximum absolute atomic E-state index is 13.4. The number of hydrogen-bond acceptors (Lipinski definition) is 2. The summed E-state index contributed by atoms with van der Waals surface area (Å²) in [5.41, 5.74) is 4.77. The predicted octanol–water partition coefficient (Wildman–Crippen LogP) is 4.65. The first-order chi connectivity index (χ1) is 13.8. The van der Waals surface area contributed by atoms with Crippen molar-refractivity contribution in [2.75, 3.05) is 13.1 Å². The average Bonchev–Trinajstić information content (AvgIpc) is 3.40. The van der Waals surface area contributed by atoms with Gasteiger partial charge in [-0.05, 0) is 42.7 Å². The van der Waals surface area contributed by atoms with Crippen LogP contribution in [0.2, 0.25) is 0 Å². The van der Waals surface area contributed by atoms with Gasteiger partial charge in [-0.1, -0.05) is 43.3 Å². The third kappa shape index (κ3) is 3.69. The Morgan fingerprint density at radius 2 is 1.86 bits per heavy atom. The van der Waals surface area contributed by atoms with Gasteiger partial charge in [0.2, 0.25) is 0 Å². The Bertz CT molecular complexity index is 1050. The van der Waals surface area contributed by atoms with Gasteiger partial charge >= 0.3 is 0 Å². The van der Waals surface area contributed by atoms with E-state index in [-0.39, 0.29) is 5.91 Å². The molecule has 5 nitrogen and oxygen atoms in total. The number of H-pyrrole nitrogens is 2. The first kappa shape index (κ1) is 18.0. The number of aromatic nitrogens is 3. The van der Waals surface area contributed by atoms with Crippen molar-refractivity contribution in [3.8, 4) is 11.4 Å². The molecule has 28 heavy (non-hydrogen) atoms. The van der Waals surface area contributed by atoms with E-state index >= 15 is 0 Å². The van der Waals surface area contributed by atoms with Crippen LogP contribution in [0.5, 0.6) is 0 Å². The molecule has 0 fully saturated rings. The summed E-state index contributed by atoms with van der Waals surface area (Å²) in [6.45, 7) is 3.57. The van der Waals surface area contributed by atoms with Crippen LogP contribution < -0.4 is 0 Å². The third-order valence-corrected chi connectivity index (χ3v) is 4.98. The summed E-state index contributed by atoms with van der Waals surface area (Å²) in [6, 6.07) is 20.1. The van der Waals surface area contributed by atoms with Crippen LogP contribution in [0.3, 0.4) is 0 Å². The largest absolute Gasteiger partial charge is 0.353 e. The summed E-state index contributed by atoms with van der Waals surface area (Å²) in [6.07, 6.45) is 3.51. The SMILES string of the molecule is CCCN(CCc1ccccc1)C(=O)c1cccc2[nH]c(-c3ccn[nH]3)cc12. The van der Waals surface area contributed by atoms with Gasteiger partial charge < -0.3 is 9.88 Å². The Hall–Kier alpha value is -3.34. The molecule has 1 amide bonds. The minimum Gasteiger partial charge on any atom is -0.353 e. The lowest BCUT2D eigenvalue weighted by Gasteiger charge is -2.22. The molecule has 0 aliphatic carbocycles. The van der Waals surface area contributed by atoms with Crippen LogP contribution in [-0.2, 0) is 6.42 Å². The third-order valence-electron chi connectivity index (χ3n) is 4.98. The van der Waals surface area contributed by atoms with Crippen LogP contribution >= 0.6 is 0 Å². The molecule has 5 heteroatoms. The molecule has 0 aliphatic heterocycles. The standard InChI is InChI=1S/C23H24N4O/c1-2-14-27(15-12-17-7-4-3-5-8-17)23(28)18-9-6-10-20-19(18)16-22(25-20)21-11-13-24-26-21/h3-11,13,16,25H,2,12,14-15H2,1H3,(H,24,26). The summed E-state index contributed by atoms with van der Waals surface area (Å²) in [5.74, 6) is 0.0820. The first-order valence-electron chi connectivity index (χ1n) is 9.71. The summed E-state index contributed by atoms with van der Waals surface area (Å²) >= 11 is 0. The molecular formula is C23H24N4O. The number of rotatable bonds is 7. The normalized spacial score (nSPS) is 11.0. The molecule has 4 rings (SSSR count). The van der Waals surface area contributed by atoms with Crippen LogP contribution in [0.15, 0.2) is 66.9 Å². The number of aromatic amines is 2. The second-order valence-corrected chi connectivity index (χ2v) is 6.95. The Balaban J connectivity index is 1.62. The lowest BCUT2D eigenvalue weighted by molar-refractivity contribution is 0.0759. The molecule has 2 aromatic heterocycles. The van der Waals surface area contributed by atoms with Gasteiger partial charge in [-0.2, -0.15) is 5.10 Å². The molecule has 2 N–H and O–H groups in total. The fraction of sp³-hybridized carbons (Fsp3) is 0.217. The summed E-state index contributed by atoms with van der Waals surface area (Å²) < 4.78 is 0. The van der Waals surface area contributed by atoms with Gasteiger partial charge in [-0.15, -0.1) is 0 Å². The maximum Gasteiger partial charge on any atom is 0.254 e. The molecule has 0 aliphatic rings. The molecule has 0 saturated carbocycles. The number of carbonyl (C=O) groups excluding carboxylic acids is 1. The smallest absolute Gasteiger partial charge is 0.254 e. The number of nitrogens with zero attached hydrogens (tertiary/aromatic N) is 2. The predicted molar refractivity (Wildman–Crippen MR) is 112 cm³/mol. The van der Waals surface area contributed by atoms with E-state index < -0.39 is 0 Å². The van der Waals surface area contributed by atoms with E-state index in [1.54, 1.807) is 6.20 Å². The zero-order chi connectivity index (χ0) is 19.3. The minimum atomic E-state index is 0.0820. The molecule has 0 spiro atoms. The molecule has 142 valence electrons. The summed E-state index contributed by atoms with van der Waals surface area (Å²) in [4.78, 5) is 18.7. The van der Waals surface area contributed by atoms with E-state index in [0.29, 0.717) is 6.54 Å². The number of carbonyl (C=O) groups is 1. The van der Waals surface area contributed by atoms with Gasteiger partial charge in [0.1, 0.15) is 0 Å². The van der Waals surface area contributed by atoms with Crippen molar-refractivity contribution in [1.29, 1.82) is 0 Å². The number of fused-ring (bicyclic) bond motifs is 1. The topological polar surface area (TPSA) is 64.8 Å². The van der Waals surface area contributed by atoms with Crippen molar-refractivity contribution in [3.05, 3.63) is 78.0 Å². The van der Waals surface area contributed by atoms with Gasteiger partial charge in [0, 0.05) is 35.8 Å². The van der Waals surface area contributed by atoms with Crippen LogP contribution in [0.1, 0.15) is 29.3 Å². The van der Waals surface area contributed by atoms with Gasteiger partial charge in [0.25, 0.3) is 5.91 Å². The highest BCUT2D eigenvalue weighted by Gasteiger charge is 2.19. The van der Waals surface area contributed by atoms with Crippen molar-refractivity contribution < 1.29 is 4.79 Å². The van der Waals surface area contributed by atoms with Gasteiger partial charge in [-0.3, -0.25) is 9.89 Å². The van der Waals surface area contributed by atoms with Crippen molar-refractivity contribution >= 4 is 16.8 Å². The zero-order valence-corrected chi connectivity index (χ0v) is 16.0. The fourth-order valence-electron chi connectivity index (χ4n) is 3.56. The quantitative estimate of drug-likeness (QED) is 0.496. The lowest BCUT2D eigenvalue weighted by Crippen LogP contribution is -2.33. The van der Waals surface area contributed by atoms with Crippen molar-refractivity contribution in [2.45, 2.75) is 19.8 Å².